The van der Waals surface area contributed by atoms with Crippen molar-refractivity contribution >= 4 is 21.8 Å². The van der Waals surface area contributed by atoms with E-state index in [9.17, 15) is 4.79 Å². The number of carbonyl (C=O) groups excluding carboxylic acids is 1. The zero-order valence-corrected chi connectivity index (χ0v) is 11.0. The van der Waals surface area contributed by atoms with E-state index in [0.29, 0.717) is 0 Å². The van der Waals surface area contributed by atoms with Gasteiger partial charge in [0, 0.05) is 26.3 Å². The van der Waals surface area contributed by atoms with Crippen LogP contribution in [0.2, 0.25) is 0 Å². The van der Waals surface area contributed by atoms with Crippen molar-refractivity contribution < 1.29 is 4.79 Å². The number of rotatable bonds is 3. The summed E-state index contributed by atoms with van der Waals surface area (Å²) in [6.45, 7) is 1.69. The van der Waals surface area contributed by atoms with Crippen LogP contribution in [-0.4, -0.2) is 38.5 Å². The molecule has 0 aromatic carbocycles. The Morgan fingerprint density at radius 1 is 1.62 bits per heavy atom. The summed E-state index contributed by atoms with van der Waals surface area (Å²) in [5.74, 6) is 0.232. The molecule has 0 radical (unpaired) electrons. The van der Waals surface area contributed by atoms with Gasteiger partial charge in [0.15, 0.2) is 0 Å². The van der Waals surface area contributed by atoms with E-state index in [-0.39, 0.29) is 10.7 Å². The van der Waals surface area contributed by atoms with Gasteiger partial charge in [-0.1, -0.05) is 15.9 Å². The molecule has 0 bridgehead atoms. The Kier molecular flexibility index (Phi) is 3.63. The van der Waals surface area contributed by atoms with Gasteiger partial charge in [-0.15, -0.1) is 0 Å². The Labute approximate surface area is 104 Å². The van der Waals surface area contributed by atoms with Gasteiger partial charge in [-0.2, -0.15) is 5.10 Å². The molecule has 2 rings (SSSR count). The monoisotopic (exact) mass is 285 g/mol. The van der Waals surface area contributed by atoms with Crippen molar-refractivity contribution in [2.75, 3.05) is 13.1 Å². The second-order valence-corrected chi connectivity index (χ2v) is 5.31. The molecule has 5 heteroatoms. The van der Waals surface area contributed by atoms with Crippen molar-refractivity contribution in [1.82, 2.24) is 14.7 Å². The lowest BCUT2D eigenvalue weighted by Crippen LogP contribution is -2.42. The molecule has 2 heterocycles. The number of aromatic nitrogens is 2. The molecule has 0 spiro atoms. The zero-order chi connectivity index (χ0) is 11.5. The number of carbonyl (C=O) groups is 1. The molecule has 1 aliphatic rings. The van der Waals surface area contributed by atoms with Crippen LogP contribution >= 0.6 is 15.9 Å². The number of piperidine rings is 1. The van der Waals surface area contributed by atoms with Crippen LogP contribution in [0.5, 0.6) is 0 Å². The fourth-order valence-electron chi connectivity index (χ4n) is 1.98. The Morgan fingerprint density at radius 3 is 3.12 bits per heavy atom. The maximum Gasteiger partial charge on any atom is 0.236 e. The molecule has 16 heavy (non-hydrogen) atoms. The Morgan fingerprint density at radius 2 is 2.44 bits per heavy atom. The van der Waals surface area contributed by atoms with Crippen molar-refractivity contribution in [3.05, 3.63) is 18.0 Å². The summed E-state index contributed by atoms with van der Waals surface area (Å²) < 4.78 is 1.79. The second kappa shape index (κ2) is 4.99. The fourth-order valence-corrected chi connectivity index (χ4v) is 2.59. The number of amides is 1. The minimum absolute atomic E-state index is 0.0233. The lowest BCUT2D eigenvalue weighted by molar-refractivity contribution is -0.132. The highest BCUT2D eigenvalue weighted by Crippen LogP contribution is 2.18. The van der Waals surface area contributed by atoms with Crippen LogP contribution in [0, 0.1) is 0 Å². The molecule has 1 aromatic heterocycles. The molecule has 0 N–H and O–H groups in total. The summed E-state index contributed by atoms with van der Waals surface area (Å²) in [6, 6.07) is 0. The van der Waals surface area contributed by atoms with Crippen LogP contribution in [0.4, 0.5) is 0 Å². The Hall–Kier alpha value is -0.840. The summed E-state index contributed by atoms with van der Waals surface area (Å²) in [5, 5.41) is 4.12. The third-order valence-corrected chi connectivity index (χ3v) is 3.74. The van der Waals surface area contributed by atoms with E-state index in [0.717, 1.165) is 32.4 Å². The van der Waals surface area contributed by atoms with Gasteiger partial charge in [-0.3, -0.25) is 9.48 Å². The molecule has 1 fully saturated rings. The molecule has 0 aliphatic carbocycles. The highest BCUT2D eigenvalue weighted by Gasteiger charge is 2.25. The summed E-state index contributed by atoms with van der Waals surface area (Å²) in [5.41, 5.74) is 1.19. The van der Waals surface area contributed by atoms with Gasteiger partial charge >= 0.3 is 0 Å². The standard InChI is InChI=1S/C11H16BrN3O/c1-14-8-9(7-13-14)4-6-15-5-2-3-10(12)11(15)16/h7-8,10H,2-6H2,1H3. The summed E-state index contributed by atoms with van der Waals surface area (Å²) >= 11 is 3.42. The van der Waals surface area contributed by atoms with Crippen molar-refractivity contribution in [2.24, 2.45) is 7.05 Å². The molecule has 1 amide bonds. The Balaban J connectivity index is 1.87. The fraction of sp³-hybridized carbons (Fsp3) is 0.636. The van der Waals surface area contributed by atoms with Gasteiger partial charge in [-0.05, 0) is 24.8 Å². The molecular weight excluding hydrogens is 270 g/mol. The maximum atomic E-state index is 11.8. The van der Waals surface area contributed by atoms with E-state index in [1.165, 1.54) is 5.56 Å². The van der Waals surface area contributed by atoms with E-state index in [4.69, 9.17) is 0 Å². The number of alkyl halides is 1. The third kappa shape index (κ3) is 2.64. The number of likely N-dealkylation sites (tertiary alicyclic amines) is 1. The van der Waals surface area contributed by atoms with Gasteiger partial charge in [-0.25, -0.2) is 0 Å². The summed E-state index contributed by atoms with van der Waals surface area (Å²) in [7, 11) is 1.91. The minimum atomic E-state index is 0.0233. The lowest BCUT2D eigenvalue weighted by atomic mass is 10.1. The second-order valence-electron chi connectivity index (χ2n) is 4.21. The van der Waals surface area contributed by atoms with Crippen LogP contribution in [-0.2, 0) is 18.3 Å². The van der Waals surface area contributed by atoms with E-state index < -0.39 is 0 Å². The first-order chi connectivity index (χ1) is 7.66. The van der Waals surface area contributed by atoms with Gasteiger partial charge in [0.25, 0.3) is 0 Å². The molecular formula is C11H16BrN3O. The molecule has 1 unspecified atom stereocenters. The van der Waals surface area contributed by atoms with Crippen molar-refractivity contribution in [3.8, 4) is 0 Å². The topological polar surface area (TPSA) is 38.1 Å². The maximum absolute atomic E-state index is 11.8. The summed E-state index contributed by atoms with van der Waals surface area (Å²) in [4.78, 5) is 13.8. The van der Waals surface area contributed by atoms with Gasteiger partial charge in [0.2, 0.25) is 5.91 Å². The molecule has 4 nitrogen and oxygen atoms in total. The first-order valence-corrected chi connectivity index (χ1v) is 6.49. The first kappa shape index (κ1) is 11.6. The largest absolute Gasteiger partial charge is 0.341 e. The number of aryl methyl sites for hydroxylation is 1. The van der Waals surface area contributed by atoms with E-state index in [2.05, 4.69) is 21.0 Å². The highest BCUT2D eigenvalue weighted by molar-refractivity contribution is 9.10. The number of nitrogens with zero attached hydrogens (tertiary/aromatic N) is 3. The van der Waals surface area contributed by atoms with Crippen molar-refractivity contribution in [1.29, 1.82) is 0 Å². The normalized spacial score (nSPS) is 21.5. The highest BCUT2D eigenvalue weighted by atomic mass is 79.9. The molecule has 88 valence electrons. The smallest absolute Gasteiger partial charge is 0.236 e. The summed E-state index contributed by atoms with van der Waals surface area (Å²) in [6.07, 6.45) is 6.80. The van der Waals surface area contributed by atoms with E-state index in [1.54, 1.807) is 4.68 Å². The Bertz CT molecular complexity index is 377. The average molecular weight is 286 g/mol. The van der Waals surface area contributed by atoms with Crippen molar-refractivity contribution in [3.63, 3.8) is 0 Å². The van der Waals surface area contributed by atoms with Crippen LogP contribution in [0.15, 0.2) is 12.4 Å². The van der Waals surface area contributed by atoms with Crippen LogP contribution < -0.4 is 0 Å². The molecule has 1 aromatic rings. The number of hydrogen-bond donors (Lipinski definition) is 0. The van der Waals surface area contributed by atoms with Crippen LogP contribution in [0.25, 0.3) is 0 Å². The molecule has 1 saturated heterocycles. The van der Waals surface area contributed by atoms with E-state index in [1.807, 2.05) is 24.3 Å². The average Bonchev–Trinajstić information content (AvgIpc) is 2.67. The first-order valence-electron chi connectivity index (χ1n) is 5.57. The number of hydrogen-bond acceptors (Lipinski definition) is 2. The van der Waals surface area contributed by atoms with E-state index >= 15 is 0 Å². The quantitative estimate of drug-likeness (QED) is 0.787. The van der Waals surface area contributed by atoms with Gasteiger partial charge in [0.1, 0.15) is 0 Å². The molecule has 1 atom stereocenters. The SMILES string of the molecule is Cn1cc(CCN2CCCC(Br)C2=O)cn1. The van der Waals surface area contributed by atoms with Gasteiger partial charge in [0.05, 0.1) is 11.0 Å². The van der Waals surface area contributed by atoms with Gasteiger partial charge < -0.3 is 4.90 Å². The molecule has 0 saturated carbocycles. The van der Waals surface area contributed by atoms with Crippen LogP contribution in [0.3, 0.4) is 0 Å². The minimum Gasteiger partial charge on any atom is -0.341 e. The van der Waals surface area contributed by atoms with Crippen molar-refractivity contribution in [2.45, 2.75) is 24.1 Å². The third-order valence-electron chi connectivity index (χ3n) is 2.89. The predicted octanol–water partition coefficient (Wildman–Crippen LogP) is 1.35. The lowest BCUT2D eigenvalue weighted by Gasteiger charge is -2.29. The molecule has 1 aliphatic heterocycles. The zero-order valence-electron chi connectivity index (χ0n) is 9.40. The predicted molar refractivity (Wildman–Crippen MR) is 65.4 cm³/mol. The number of halogens is 1. The van der Waals surface area contributed by atoms with Crippen LogP contribution in [0.1, 0.15) is 18.4 Å².